The maximum absolute atomic E-state index is 13.8. The van der Waals surface area contributed by atoms with Gasteiger partial charge in [-0.2, -0.15) is 0 Å². The average molecular weight is 595 g/mol. The number of imide groups is 1. The van der Waals surface area contributed by atoms with E-state index >= 15 is 0 Å². The van der Waals surface area contributed by atoms with Crippen molar-refractivity contribution in [2.45, 2.75) is 25.9 Å². The third kappa shape index (κ3) is 5.44. The van der Waals surface area contributed by atoms with Crippen LogP contribution in [-0.4, -0.2) is 59.9 Å². The number of benzene rings is 2. The third-order valence-corrected chi connectivity index (χ3v) is 7.55. The van der Waals surface area contributed by atoms with Gasteiger partial charge in [-0.05, 0) is 54.3 Å². The van der Waals surface area contributed by atoms with Crippen LogP contribution in [0.1, 0.15) is 48.6 Å². The van der Waals surface area contributed by atoms with E-state index < -0.39 is 34.6 Å². The molecule has 0 saturated heterocycles. The number of hydrogen-bond acceptors (Lipinski definition) is 7. The second kappa shape index (κ2) is 11.9. The maximum Gasteiger partial charge on any atom is 0.267 e. The summed E-state index contributed by atoms with van der Waals surface area (Å²) in [6.07, 6.45) is 7.51. The summed E-state index contributed by atoms with van der Waals surface area (Å²) in [6, 6.07) is 14.1. The molecule has 44 heavy (non-hydrogen) atoms. The summed E-state index contributed by atoms with van der Waals surface area (Å²) in [5, 5.41) is 13.8. The van der Waals surface area contributed by atoms with Gasteiger partial charge in [-0.15, -0.1) is 0 Å². The smallest absolute Gasteiger partial charge is 0.267 e. The number of imidazole rings is 1. The minimum absolute atomic E-state index is 0.0124. The quantitative estimate of drug-likeness (QED) is 0.187. The first-order chi connectivity index (χ1) is 21.3. The summed E-state index contributed by atoms with van der Waals surface area (Å²) in [5.74, 6) is -2.67. The normalized spacial score (nSPS) is 12.6. The minimum atomic E-state index is -0.792. The highest BCUT2D eigenvalue weighted by molar-refractivity contribution is 6.21. The van der Waals surface area contributed by atoms with Gasteiger partial charge in [0.05, 0.1) is 23.0 Å². The molecule has 5 aromatic rings. The van der Waals surface area contributed by atoms with E-state index in [0.717, 1.165) is 10.5 Å². The zero-order valence-electron chi connectivity index (χ0n) is 23.4. The second-order valence-electron chi connectivity index (χ2n) is 10.4. The molecule has 2 aromatic carbocycles. The molecule has 3 aromatic heterocycles. The van der Waals surface area contributed by atoms with E-state index in [4.69, 9.17) is 0 Å². The first-order valence-corrected chi connectivity index (χ1v) is 14.0. The van der Waals surface area contributed by atoms with Gasteiger partial charge in [0.15, 0.2) is 5.75 Å². The Hall–Kier alpha value is -5.65. The summed E-state index contributed by atoms with van der Waals surface area (Å²) < 4.78 is 16.5. The summed E-state index contributed by atoms with van der Waals surface area (Å²) >= 11 is 0. The summed E-state index contributed by atoms with van der Waals surface area (Å²) in [4.78, 5) is 62.4. The summed E-state index contributed by atoms with van der Waals surface area (Å²) in [7, 11) is 0. The van der Waals surface area contributed by atoms with Crippen LogP contribution in [0.2, 0.25) is 0 Å². The number of nitrogens with zero attached hydrogens (tertiary/aromatic N) is 5. The van der Waals surface area contributed by atoms with Gasteiger partial charge in [0.1, 0.15) is 16.9 Å². The van der Waals surface area contributed by atoms with E-state index in [0.29, 0.717) is 24.9 Å². The molecular formula is C32H27FN6O5. The highest BCUT2D eigenvalue weighted by atomic mass is 19.1. The minimum Gasteiger partial charge on any atom is -0.505 e. The molecule has 0 bridgehead atoms. The number of pyridine rings is 2. The Balaban J connectivity index is 1.33. The maximum atomic E-state index is 13.8. The lowest BCUT2D eigenvalue weighted by Crippen LogP contribution is -2.38. The topological polar surface area (TPSA) is 139 Å². The molecule has 11 nitrogen and oxygen atoms in total. The van der Waals surface area contributed by atoms with Crippen molar-refractivity contribution in [3.63, 3.8) is 0 Å². The van der Waals surface area contributed by atoms with Gasteiger partial charge in [0.25, 0.3) is 23.3 Å². The lowest BCUT2D eigenvalue weighted by atomic mass is 10.1. The predicted octanol–water partition coefficient (Wildman–Crippen LogP) is 3.14. The predicted molar refractivity (Wildman–Crippen MR) is 158 cm³/mol. The van der Waals surface area contributed by atoms with Gasteiger partial charge < -0.3 is 19.6 Å². The van der Waals surface area contributed by atoms with Crippen LogP contribution in [0.5, 0.6) is 5.75 Å². The van der Waals surface area contributed by atoms with Crippen LogP contribution in [0.4, 0.5) is 4.39 Å². The van der Waals surface area contributed by atoms with Crippen molar-refractivity contribution >= 4 is 28.8 Å². The molecule has 3 amide bonds. The first kappa shape index (κ1) is 28.5. The van der Waals surface area contributed by atoms with E-state index in [2.05, 4.69) is 15.3 Å². The van der Waals surface area contributed by atoms with Crippen LogP contribution in [0, 0.1) is 5.82 Å². The summed E-state index contributed by atoms with van der Waals surface area (Å²) in [5.41, 5.74) is 0.968. The number of aromatic hydroxyl groups is 1. The Morgan fingerprint density at radius 3 is 2.34 bits per heavy atom. The van der Waals surface area contributed by atoms with Crippen LogP contribution in [0.3, 0.4) is 0 Å². The SMILES string of the molecule is O=C(NCCCn1ccnc1)c1c(O)c2ncc(Cc3ccc(F)cc3)cc2n(CCN2C(=O)c3ccccc3C2=O)c1=O. The summed E-state index contributed by atoms with van der Waals surface area (Å²) in [6.45, 7) is 0.518. The number of rotatable bonds is 10. The Morgan fingerprint density at radius 1 is 0.932 bits per heavy atom. The van der Waals surface area contributed by atoms with Crippen LogP contribution in [0.15, 0.2) is 84.3 Å². The molecule has 1 aliphatic heterocycles. The first-order valence-electron chi connectivity index (χ1n) is 14.0. The average Bonchev–Trinajstić information content (AvgIpc) is 3.63. The number of carbonyl (C=O) groups excluding carboxylic acids is 3. The number of amides is 3. The molecular weight excluding hydrogens is 567 g/mol. The van der Waals surface area contributed by atoms with Crippen molar-refractivity contribution in [3.8, 4) is 5.75 Å². The van der Waals surface area contributed by atoms with Crippen LogP contribution >= 0.6 is 0 Å². The largest absolute Gasteiger partial charge is 0.505 e. The van der Waals surface area contributed by atoms with Gasteiger partial charge in [0.2, 0.25) is 0 Å². The monoisotopic (exact) mass is 594 g/mol. The van der Waals surface area contributed by atoms with Gasteiger partial charge in [-0.1, -0.05) is 24.3 Å². The highest BCUT2D eigenvalue weighted by Crippen LogP contribution is 2.27. The highest BCUT2D eigenvalue weighted by Gasteiger charge is 2.35. The fourth-order valence-corrected chi connectivity index (χ4v) is 5.32. The van der Waals surface area contributed by atoms with Crippen LogP contribution in [-0.2, 0) is 19.5 Å². The Labute approximate surface area is 250 Å². The molecule has 6 rings (SSSR count). The molecule has 12 heteroatoms. The molecule has 0 radical (unpaired) electrons. The van der Waals surface area contributed by atoms with Crippen molar-refractivity contribution < 1.29 is 23.9 Å². The third-order valence-electron chi connectivity index (χ3n) is 7.55. The van der Waals surface area contributed by atoms with Crippen molar-refractivity contribution in [1.29, 1.82) is 0 Å². The van der Waals surface area contributed by atoms with E-state index in [-0.39, 0.29) is 47.6 Å². The standard InChI is InChI=1S/C32H27FN6O5/c33-22-8-6-20(7-9-22)16-21-17-25-27(36-18-21)28(40)26(29(41)35-10-3-12-37-13-11-34-19-37)32(44)38(25)14-15-39-30(42)23-4-1-2-5-24(23)31(39)43/h1-2,4-9,11,13,17-19,40H,3,10,12,14-16H2,(H,35,41). The van der Waals surface area contributed by atoms with E-state index in [1.807, 2.05) is 4.57 Å². The molecule has 4 heterocycles. The van der Waals surface area contributed by atoms with Gasteiger partial charge in [-0.25, -0.2) is 9.37 Å². The zero-order valence-corrected chi connectivity index (χ0v) is 23.4. The van der Waals surface area contributed by atoms with Gasteiger partial charge in [0, 0.05) is 44.8 Å². The lowest BCUT2D eigenvalue weighted by molar-refractivity contribution is 0.0648. The number of nitrogens with one attached hydrogen (secondary N) is 1. The van der Waals surface area contributed by atoms with Crippen LogP contribution in [0.25, 0.3) is 11.0 Å². The van der Waals surface area contributed by atoms with E-state index in [9.17, 15) is 28.7 Å². The van der Waals surface area contributed by atoms with E-state index in [1.165, 1.54) is 22.9 Å². The molecule has 1 aliphatic rings. The molecule has 222 valence electrons. The molecule has 0 spiro atoms. The molecule has 2 N–H and O–H groups in total. The number of aryl methyl sites for hydroxylation is 1. The Kier molecular flexibility index (Phi) is 7.71. The van der Waals surface area contributed by atoms with E-state index in [1.54, 1.807) is 61.2 Å². The van der Waals surface area contributed by atoms with Crippen molar-refractivity contribution in [1.82, 2.24) is 29.3 Å². The van der Waals surface area contributed by atoms with Gasteiger partial charge >= 0.3 is 0 Å². The van der Waals surface area contributed by atoms with Crippen molar-refractivity contribution in [2.75, 3.05) is 13.1 Å². The Morgan fingerprint density at radius 2 is 1.66 bits per heavy atom. The zero-order chi connectivity index (χ0) is 30.8. The van der Waals surface area contributed by atoms with Crippen molar-refractivity contribution in [2.24, 2.45) is 0 Å². The number of fused-ring (bicyclic) bond motifs is 2. The van der Waals surface area contributed by atoms with Crippen molar-refractivity contribution in [3.05, 3.63) is 124 Å². The number of halogens is 1. The second-order valence-corrected chi connectivity index (χ2v) is 10.4. The molecule has 0 saturated carbocycles. The fourth-order valence-electron chi connectivity index (χ4n) is 5.32. The molecule has 0 unspecified atom stereocenters. The molecule has 0 aliphatic carbocycles. The number of aromatic nitrogens is 4. The van der Waals surface area contributed by atoms with Crippen LogP contribution < -0.4 is 10.9 Å². The van der Waals surface area contributed by atoms with Gasteiger partial charge in [-0.3, -0.25) is 29.1 Å². The lowest BCUT2D eigenvalue weighted by Gasteiger charge is -2.18. The molecule has 0 atom stereocenters. The Bertz CT molecular complexity index is 1920. The molecule has 0 fully saturated rings. The number of hydrogen-bond donors (Lipinski definition) is 2. The fraction of sp³-hybridized carbons (Fsp3) is 0.188. The number of carbonyl (C=O) groups is 3.